The molecule has 1 N–H and O–H groups in total. The average molecular weight is 517 g/mol. The summed E-state index contributed by atoms with van der Waals surface area (Å²) in [7, 11) is 0. The Bertz CT molecular complexity index is 1180. The van der Waals surface area contributed by atoms with Crippen molar-refractivity contribution in [3.05, 3.63) is 69.8 Å². The number of ether oxygens (including phenoxy) is 1. The van der Waals surface area contributed by atoms with Crippen molar-refractivity contribution >= 4 is 23.1 Å². The van der Waals surface area contributed by atoms with Gasteiger partial charge in [0.2, 0.25) is 0 Å². The van der Waals surface area contributed by atoms with E-state index in [1.165, 1.54) is 30.3 Å². The number of nitrogens with zero attached hydrogens (tertiary/aromatic N) is 1. The molecular formula is C24H19ClF6N2O2. The minimum absolute atomic E-state index is 0.0807. The summed E-state index contributed by atoms with van der Waals surface area (Å²) in [4.78, 5) is 12.7. The van der Waals surface area contributed by atoms with E-state index in [4.69, 9.17) is 16.3 Å². The number of hydrogen-bond acceptors (Lipinski definition) is 3. The van der Waals surface area contributed by atoms with Crippen molar-refractivity contribution in [1.29, 1.82) is 5.26 Å². The van der Waals surface area contributed by atoms with E-state index in [2.05, 4.69) is 0 Å². The average Bonchev–Trinajstić information content (AvgIpc) is 2.77. The molecule has 1 aliphatic rings. The van der Waals surface area contributed by atoms with E-state index >= 15 is 0 Å². The predicted molar refractivity (Wildman–Crippen MR) is 116 cm³/mol. The molecule has 1 amide bonds. The molecule has 3 rings (SSSR count). The van der Waals surface area contributed by atoms with Gasteiger partial charge in [0.15, 0.2) is 5.54 Å². The second kappa shape index (κ2) is 9.82. The van der Waals surface area contributed by atoms with Crippen LogP contribution in [0, 0.1) is 18.3 Å². The molecule has 0 spiro atoms. The second-order valence-corrected chi connectivity index (χ2v) is 8.46. The molecule has 0 aromatic heterocycles. The van der Waals surface area contributed by atoms with Crippen molar-refractivity contribution in [1.82, 2.24) is 5.32 Å². The van der Waals surface area contributed by atoms with Gasteiger partial charge in [-0.15, -0.1) is 0 Å². The fraction of sp³-hybridized carbons (Fsp3) is 0.333. The normalized spacial score (nSPS) is 18.8. The fourth-order valence-electron chi connectivity index (χ4n) is 3.80. The van der Waals surface area contributed by atoms with Gasteiger partial charge in [-0.05, 0) is 53.8 Å². The number of benzene rings is 2. The summed E-state index contributed by atoms with van der Waals surface area (Å²) >= 11 is 6.02. The number of halogens is 7. The first-order valence-electron chi connectivity index (χ1n) is 10.4. The molecule has 1 unspecified atom stereocenters. The Morgan fingerprint density at radius 1 is 1.11 bits per heavy atom. The zero-order chi connectivity index (χ0) is 26.0. The van der Waals surface area contributed by atoms with Gasteiger partial charge in [-0.3, -0.25) is 4.79 Å². The molecule has 1 heterocycles. The van der Waals surface area contributed by atoms with E-state index < -0.39 is 42.2 Å². The second-order valence-electron chi connectivity index (χ2n) is 8.05. The molecule has 0 fully saturated rings. The maximum absolute atomic E-state index is 14.5. The van der Waals surface area contributed by atoms with E-state index in [-0.39, 0.29) is 35.5 Å². The first-order chi connectivity index (χ1) is 16.3. The van der Waals surface area contributed by atoms with Crippen molar-refractivity contribution in [3.63, 3.8) is 0 Å². The number of aryl methyl sites for hydroxylation is 1. The lowest BCUT2D eigenvalue weighted by Crippen LogP contribution is -2.58. The minimum Gasteiger partial charge on any atom is -0.494 e. The highest BCUT2D eigenvalue weighted by Crippen LogP contribution is 2.48. The van der Waals surface area contributed by atoms with Crippen LogP contribution in [0.3, 0.4) is 0 Å². The van der Waals surface area contributed by atoms with Gasteiger partial charge in [-0.2, -0.15) is 31.6 Å². The number of alkyl halides is 6. The summed E-state index contributed by atoms with van der Waals surface area (Å²) in [5.74, 6) is -1.09. The minimum atomic E-state index is -4.95. The van der Waals surface area contributed by atoms with Gasteiger partial charge in [0.05, 0.1) is 6.61 Å². The number of nitriles is 1. The molecule has 186 valence electrons. The maximum atomic E-state index is 14.5. The molecule has 2 aromatic carbocycles. The van der Waals surface area contributed by atoms with Crippen LogP contribution in [-0.4, -0.2) is 24.9 Å². The quantitative estimate of drug-likeness (QED) is 0.346. The van der Waals surface area contributed by atoms with Gasteiger partial charge < -0.3 is 10.1 Å². The highest BCUT2D eigenvalue weighted by atomic mass is 35.5. The van der Waals surface area contributed by atoms with E-state index in [0.717, 1.165) is 12.1 Å². The van der Waals surface area contributed by atoms with Crippen LogP contribution in [0.15, 0.2) is 48.0 Å². The molecule has 0 saturated carbocycles. The highest BCUT2D eigenvalue weighted by Gasteiger charge is 2.59. The molecule has 11 heteroatoms. The van der Waals surface area contributed by atoms with Crippen molar-refractivity contribution in [2.75, 3.05) is 6.61 Å². The summed E-state index contributed by atoms with van der Waals surface area (Å²) in [5.41, 5.74) is -2.86. The Balaban J connectivity index is 1.96. The third-order valence-corrected chi connectivity index (χ3v) is 6.04. The Morgan fingerprint density at radius 2 is 1.77 bits per heavy atom. The molecule has 1 aliphatic heterocycles. The lowest BCUT2D eigenvalue weighted by Gasteiger charge is -2.40. The van der Waals surface area contributed by atoms with E-state index in [1.54, 1.807) is 13.0 Å². The van der Waals surface area contributed by atoms with Crippen molar-refractivity contribution in [2.24, 2.45) is 0 Å². The van der Waals surface area contributed by atoms with Crippen LogP contribution in [0.25, 0.3) is 5.57 Å². The SMILES string of the molecule is Cc1cc(C2=C(C#N)C(=O)NC(c3ccc(OCCCC(F)(F)F)cc3)(C(F)(F)F)C2)ccc1Cl. The summed E-state index contributed by atoms with van der Waals surface area (Å²) in [5, 5.41) is 11.8. The highest BCUT2D eigenvalue weighted by molar-refractivity contribution is 6.31. The largest absolute Gasteiger partial charge is 0.494 e. The van der Waals surface area contributed by atoms with Gasteiger partial charge in [-0.1, -0.05) is 35.9 Å². The van der Waals surface area contributed by atoms with Crippen LogP contribution >= 0.6 is 11.6 Å². The number of carbonyl (C=O) groups excluding carboxylic acids is 1. The van der Waals surface area contributed by atoms with Crippen LogP contribution in [0.4, 0.5) is 26.3 Å². The van der Waals surface area contributed by atoms with E-state index in [9.17, 15) is 36.4 Å². The Hall–Kier alpha value is -3.19. The summed E-state index contributed by atoms with van der Waals surface area (Å²) in [6, 6.07) is 10.7. The third-order valence-electron chi connectivity index (χ3n) is 5.62. The van der Waals surface area contributed by atoms with Crippen molar-refractivity contribution in [3.8, 4) is 11.8 Å². The Labute approximate surface area is 202 Å². The molecule has 35 heavy (non-hydrogen) atoms. The number of nitrogens with one attached hydrogen (secondary N) is 1. The van der Waals surface area contributed by atoms with Crippen molar-refractivity contribution in [2.45, 2.75) is 44.1 Å². The third kappa shape index (κ3) is 5.73. The molecule has 0 saturated heterocycles. The van der Waals surface area contributed by atoms with Crippen LogP contribution in [0.1, 0.15) is 36.0 Å². The molecular weight excluding hydrogens is 498 g/mol. The van der Waals surface area contributed by atoms with Crippen LogP contribution in [0.5, 0.6) is 5.75 Å². The van der Waals surface area contributed by atoms with E-state index in [1.807, 2.05) is 5.32 Å². The van der Waals surface area contributed by atoms with Gasteiger partial charge in [-0.25, -0.2) is 0 Å². The van der Waals surface area contributed by atoms with Gasteiger partial charge in [0.25, 0.3) is 5.91 Å². The Morgan fingerprint density at radius 3 is 2.31 bits per heavy atom. The smallest absolute Gasteiger partial charge is 0.416 e. The number of hydrogen-bond donors (Lipinski definition) is 1. The van der Waals surface area contributed by atoms with Crippen LogP contribution in [0.2, 0.25) is 5.02 Å². The van der Waals surface area contributed by atoms with Gasteiger partial charge in [0.1, 0.15) is 17.4 Å². The zero-order valence-electron chi connectivity index (χ0n) is 18.3. The number of rotatable bonds is 6. The molecule has 2 aromatic rings. The molecule has 0 bridgehead atoms. The lowest BCUT2D eigenvalue weighted by atomic mass is 9.76. The van der Waals surface area contributed by atoms with Gasteiger partial charge in [0, 0.05) is 17.9 Å². The lowest BCUT2D eigenvalue weighted by molar-refractivity contribution is -0.201. The molecule has 4 nitrogen and oxygen atoms in total. The summed E-state index contributed by atoms with van der Waals surface area (Å²) in [6.45, 7) is 1.38. The summed E-state index contributed by atoms with van der Waals surface area (Å²) in [6.07, 6.45) is -11.4. The Kier molecular flexibility index (Phi) is 7.41. The monoisotopic (exact) mass is 516 g/mol. The molecule has 0 aliphatic carbocycles. The first kappa shape index (κ1) is 26.4. The fourth-order valence-corrected chi connectivity index (χ4v) is 3.91. The molecule has 0 radical (unpaired) electrons. The maximum Gasteiger partial charge on any atom is 0.416 e. The van der Waals surface area contributed by atoms with E-state index in [0.29, 0.717) is 10.6 Å². The van der Waals surface area contributed by atoms with Crippen LogP contribution < -0.4 is 10.1 Å². The predicted octanol–water partition coefficient (Wildman–Crippen LogP) is 6.62. The zero-order valence-corrected chi connectivity index (χ0v) is 19.0. The number of carbonyl (C=O) groups is 1. The first-order valence-corrected chi connectivity index (χ1v) is 10.7. The molecule has 1 atom stereocenters. The number of amides is 1. The van der Waals surface area contributed by atoms with Crippen LogP contribution in [-0.2, 0) is 10.3 Å². The standard InChI is InChI=1S/C24H19ClF6N2O2/c1-14-11-15(3-8-20(14)25)18-12-22(24(29,30)31,33-21(34)19(18)13-32)16-4-6-17(7-5-16)35-10-2-9-23(26,27)28/h3-8,11H,2,9-10,12H2,1H3,(H,33,34). The topological polar surface area (TPSA) is 62.1 Å². The van der Waals surface area contributed by atoms with Crippen molar-refractivity contribution < 1.29 is 35.9 Å². The summed E-state index contributed by atoms with van der Waals surface area (Å²) < 4.78 is 85.4. The van der Waals surface area contributed by atoms with Gasteiger partial charge >= 0.3 is 12.4 Å².